The lowest BCUT2D eigenvalue weighted by atomic mass is 10.1. The first-order valence-electron chi connectivity index (χ1n) is 6.79. The number of halogens is 1. The van der Waals surface area contributed by atoms with Gasteiger partial charge in [-0.3, -0.25) is 9.38 Å². The molecule has 0 aromatic carbocycles. The number of hydrogen-bond donors (Lipinski definition) is 2. The molecule has 3 rings (SSSR count). The second-order valence-electron chi connectivity index (χ2n) is 5.98. The standard InChI is InChI=1S/C15H15BrN6/c1-15(2,3)21-14-12(11-9(16)5-4-6-18-11)20-13-10(7-17)19-8-22(13)14/h4-6,8,20-21H,1-3H3. The molecule has 0 spiro atoms. The van der Waals surface area contributed by atoms with Crippen molar-refractivity contribution in [3.05, 3.63) is 34.8 Å². The van der Waals surface area contributed by atoms with E-state index in [2.05, 4.69) is 63.0 Å². The van der Waals surface area contributed by atoms with Gasteiger partial charge in [-0.1, -0.05) is 0 Å². The van der Waals surface area contributed by atoms with Crippen molar-refractivity contribution in [1.29, 1.82) is 5.26 Å². The highest BCUT2D eigenvalue weighted by molar-refractivity contribution is 9.10. The quantitative estimate of drug-likeness (QED) is 0.733. The van der Waals surface area contributed by atoms with E-state index in [0.29, 0.717) is 11.3 Å². The van der Waals surface area contributed by atoms with Gasteiger partial charge in [0.1, 0.15) is 29.6 Å². The Kier molecular flexibility index (Phi) is 3.41. The number of nitriles is 1. The highest BCUT2D eigenvalue weighted by Gasteiger charge is 2.22. The summed E-state index contributed by atoms with van der Waals surface area (Å²) in [5, 5.41) is 12.6. The topological polar surface area (TPSA) is 81.8 Å². The van der Waals surface area contributed by atoms with Crippen molar-refractivity contribution < 1.29 is 0 Å². The van der Waals surface area contributed by atoms with E-state index in [-0.39, 0.29) is 5.54 Å². The molecule has 0 atom stereocenters. The number of nitrogens with zero attached hydrogens (tertiary/aromatic N) is 4. The molecule has 0 fully saturated rings. The minimum Gasteiger partial charge on any atom is -0.365 e. The number of nitrogens with one attached hydrogen (secondary N) is 2. The third-order valence-corrected chi connectivity index (χ3v) is 3.72. The lowest BCUT2D eigenvalue weighted by Gasteiger charge is -2.22. The SMILES string of the molecule is CC(C)(C)Nc1c(-c2ncccc2Br)[nH]c2c(C#N)ncn12. The molecule has 7 heteroatoms. The molecular weight excluding hydrogens is 344 g/mol. The minimum atomic E-state index is -0.151. The van der Waals surface area contributed by atoms with Gasteiger partial charge in [0, 0.05) is 16.2 Å². The zero-order valence-electron chi connectivity index (χ0n) is 12.5. The van der Waals surface area contributed by atoms with Crippen molar-refractivity contribution in [3.63, 3.8) is 0 Å². The van der Waals surface area contributed by atoms with Crippen LogP contribution in [0.3, 0.4) is 0 Å². The largest absolute Gasteiger partial charge is 0.365 e. The molecule has 3 aromatic heterocycles. The number of hydrogen-bond acceptors (Lipinski definition) is 4. The van der Waals surface area contributed by atoms with Gasteiger partial charge in [0.2, 0.25) is 0 Å². The molecule has 2 N–H and O–H groups in total. The van der Waals surface area contributed by atoms with Gasteiger partial charge >= 0.3 is 0 Å². The molecule has 0 amide bonds. The highest BCUT2D eigenvalue weighted by Crippen LogP contribution is 2.34. The van der Waals surface area contributed by atoms with Gasteiger partial charge in [-0.25, -0.2) is 4.98 Å². The molecule has 0 aliphatic carbocycles. The average Bonchev–Trinajstić information content (AvgIpc) is 2.98. The van der Waals surface area contributed by atoms with Crippen LogP contribution in [-0.4, -0.2) is 24.9 Å². The van der Waals surface area contributed by atoms with Crippen molar-refractivity contribution in [2.24, 2.45) is 0 Å². The second kappa shape index (κ2) is 5.14. The van der Waals surface area contributed by atoms with E-state index >= 15 is 0 Å². The Labute approximate surface area is 136 Å². The highest BCUT2D eigenvalue weighted by atomic mass is 79.9. The molecular formula is C15H15BrN6. The van der Waals surface area contributed by atoms with Crippen LogP contribution in [0.25, 0.3) is 17.0 Å². The normalized spacial score (nSPS) is 11.6. The maximum atomic E-state index is 9.19. The predicted octanol–water partition coefficient (Wildman–Crippen LogP) is 3.57. The number of rotatable bonds is 2. The van der Waals surface area contributed by atoms with Crippen LogP contribution in [0.4, 0.5) is 5.82 Å². The zero-order chi connectivity index (χ0) is 15.9. The molecule has 22 heavy (non-hydrogen) atoms. The Morgan fingerprint density at radius 3 is 2.77 bits per heavy atom. The van der Waals surface area contributed by atoms with E-state index < -0.39 is 0 Å². The molecule has 3 aromatic rings. The van der Waals surface area contributed by atoms with Crippen LogP contribution in [0.1, 0.15) is 26.5 Å². The summed E-state index contributed by atoms with van der Waals surface area (Å²) < 4.78 is 2.73. The van der Waals surface area contributed by atoms with Crippen molar-refractivity contribution in [2.45, 2.75) is 26.3 Å². The number of aromatic nitrogens is 4. The van der Waals surface area contributed by atoms with Crippen molar-refractivity contribution in [1.82, 2.24) is 19.4 Å². The van der Waals surface area contributed by atoms with Gasteiger partial charge in [-0.05, 0) is 48.8 Å². The summed E-state index contributed by atoms with van der Waals surface area (Å²) >= 11 is 3.53. The molecule has 0 aliphatic heterocycles. The van der Waals surface area contributed by atoms with Crippen LogP contribution in [0.15, 0.2) is 29.1 Å². The molecule has 0 saturated carbocycles. The van der Waals surface area contributed by atoms with Crippen LogP contribution in [0.2, 0.25) is 0 Å². The molecule has 0 saturated heterocycles. The fourth-order valence-corrected chi connectivity index (χ4v) is 2.69. The second-order valence-corrected chi connectivity index (χ2v) is 6.84. The van der Waals surface area contributed by atoms with Gasteiger partial charge in [0.25, 0.3) is 0 Å². The Morgan fingerprint density at radius 1 is 1.36 bits per heavy atom. The van der Waals surface area contributed by atoms with Crippen LogP contribution in [0, 0.1) is 11.3 Å². The first-order chi connectivity index (χ1) is 10.4. The Balaban J connectivity index is 2.29. The summed E-state index contributed by atoms with van der Waals surface area (Å²) in [4.78, 5) is 11.8. The predicted molar refractivity (Wildman–Crippen MR) is 88.6 cm³/mol. The van der Waals surface area contributed by atoms with Crippen molar-refractivity contribution in [3.8, 4) is 17.5 Å². The third-order valence-electron chi connectivity index (χ3n) is 3.08. The maximum absolute atomic E-state index is 9.19. The monoisotopic (exact) mass is 358 g/mol. The smallest absolute Gasteiger partial charge is 0.183 e. The first kappa shape index (κ1) is 14.6. The molecule has 0 unspecified atom stereocenters. The summed E-state index contributed by atoms with van der Waals surface area (Å²) in [7, 11) is 0. The van der Waals surface area contributed by atoms with E-state index in [1.807, 2.05) is 16.5 Å². The summed E-state index contributed by atoms with van der Waals surface area (Å²) in [5.74, 6) is 0.830. The van der Waals surface area contributed by atoms with Crippen LogP contribution < -0.4 is 5.32 Å². The van der Waals surface area contributed by atoms with Gasteiger partial charge < -0.3 is 10.3 Å². The number of anilines is 1. The number of H-pyrrole nitrogens is 1. The Morgan fingerprint density at radius 2 is 2.14 bits per heavy atom. The summed E-state index contributed by atoms with van der Waals surface area (Å²) in [6.45, 7) is 6.22. The lowest BCUT2D eigenvalue weighted by molar-refractivity contribution is 0.629. The van der Waals surface area contributed by atoms with E-state index in [0.717, 1.165) is 21.7 Å². The Bertz CT molecular complexity index is 878. The first-order valence-corrected chi connectivity index (χ1v) is 7.58. The average molecular weight is 359 g/mol. The number of imidazole rings is 2. The lowest BCUT2D eigenvalue weighted by Crippen LogP contribution is -2.27. The minimum absolute atomic E-state index is 0.151. The summed E-state index contributed by atoms with van der Waals surface area (Å²) in [6, 6.07) is 5.89. The van der Waals surface area contributed by atoms with Crippen molar-refractivity contribution >= 4 is 27.4 Å². The number of aromatic amines is 1. The molecule has 6 nitrogen and oxygen atoms in total. The number of pyridine rings is 1. The third kappa shape index (κ3) is 2.46. The molecule has 112 valence electrons. The van der Waals surface area contributed by atoms with Gasteiger partial charge in [0.15, 0.2) is 11.3 Å². The summed E-state index contributed by atoms with van der Waals surface area (Å²) in [6.07, 6.45) is 3.37. The van der Waals surface area contributed by atoms with E-state index in [4.69, 9.17) is 0 Å². The molecule has 0 bridgehead atoms. The van der Waals surface area contributed by atoms with Crippen molar-refractivity contribution in [2.75, 3.05) is 5.32 Å². The van der Waals surface area contributed by atoms with E-state index in [1.54, 1.807) is 12.5 Å². The molecule has 3 heterocycles. The van der Waals surface area contributed by atoms with Gasteiger partial charge in [-0.2, -0.15) is 5.26 Å². The molecule has 0 aliphatic rings. The summed E-state index contributed by atoms with van der Waals surface area (Å²) in [5.41, 5.74) is 2.46. The molecule has 0 radical (unpaired) electrons. The fraction of sp³-hybridized carbons (Fsp3) is 0.267. The fourth-order valence-electron chi connectivity index (χ4n) is 2.24. The van der Waals surface area contributed by atoms with Crippen LogP contribution in [0.5, 0.6) is 0 Å². The van der Waals surface area contributed by atoms with Crippen LogP contribution >= 0.6 is 15.9 Å². The van der Waals surface area contributed by atoms with E-state index in [1.165, 1.54) is 0 Å². The van der Waals surface area contributed by atoms with Gasteiger partial charge in [-0.15, -0.1) is 0 Å². The van der Waals surface area contributed by atoms with Gasteiger partial charge in [0.05, 0.1) is 0 Å². The zero-order valence-corrected chi connectivity index (χ0v) is 14.1. The van der Waals surface area contributed by atoms with E-state index in [9.17, 15) is 5.26 Å². The number of fused-ring (bicyclic) bond motifs is 1. The Hall–Kier alpha value is -2.33. The van der Waals surface area contributed by atoms with Crippen LogP contribution in [-0.2, 0) is 0 Å². The maximum Gasteiger partial charge on any atom is 0.183 e.